The Morgan fingerprint density at radius 3 is 2.81 bits per heavy atom. The Kier molecular flexibility index (Phi) is 4.35. The van der Waals surface area contributed by atoms with Crippen molar-refractivity contribution in [3.63, 3.8) is 0 Å². The van der Waals surface area contributed by atoms with Crippen molar-refractivity contribution in [3.05, 3.63) is 60.8 Å². The SMILES string of the molecule is C[C@H](C(=O)Nc1cccc(Nc2ccnc(C3CC3)n2)c1)n1cccn1. The number of hydrogen-bond acceptors (Lipinski definition) is 5. The van der Waals surface area contributed by atoms with E-state index >= 15 is 0 Å². The number of amides is 1. The minimum atomic E-state index is -0.385. The zero-order valence-electron chi connectivity index (χ0n) is 14.5. The average Bonchev–Trinajstić information content (AvgIpc) is 3.36. The third-order valence-electron chi connectivity index (χ3n) is 4.32. The largest absolute Gasteiger partial charge is 0.340 e. The van der Waals surface area contributed by atoms with Crippen LogP contribution in [-0.4, -0.2) is 25.7 Å². The fourth-order valence-corrected chi connectivity index (χ4v) is 2.68. The second-order valence-electron chi connectivity index (χ2n) is 6.43. The summed E-state index contributed by atoms with van der Waals surface area (Å²) in [6.07, 6.45) is 7.54. The molecular weight excluding hydrogens is 328 g/mol. The highest BCUT2D eigenvalue weighted by Crippen LogP contribution is 2.38. The first kappa shape index (κ1) is 16.3. The maximum absolute atomic E-state index is 12.4. The molecule has 1 atom stereocenters. The minimum Gasteiger partial charge on any atom is -0.340 e. The molecule has 0 aliphatic heterocycles. The normalized spacial score (nSPS) is 14.7. The summed E-state index contributed by atoms with van der Waals surface area (Å²) in [5.41, 5.74) is 1.57. The van der Waals surface area contributed by atoms with Crippen molar-refractivity contribution in [2.45, 2.75) is 31.7 Å². The Morgan fingerprint density at radius 1 is 1.19 bits per heavy atom. The monoisotopic (exact) mass is 348 g/mol. The molecule has 1 aliphatic carbocycles. The van der Waals surface area contributed by atoms with Crippen LogP contribution in [0.5, 0.6) is 0 Å². The smallest absolute Gasteiger partial charge is 0.248 e. The highest BCUT2D eigenvalue weighted by molar-refractivity contribution is 5.93. The number of benzene rings is 1. The molecule has 0 unspecified atom stereocenters. The zero-order valence-corrected chi connectivity index (χ0v) is 14.5. The van der Waals surface area contributed by atoms with Crippen molar-refractivity contribution in [1.82, 2.24) is 19.7 Å². The van der Waals surface area contributed by atoms with Crippen molar-refractivity contribution in [2.75, 3.05) is 10.6 Å². The molecular formula is C19H20N6O. The minimum absolute atomic E-state index is 0.121. The molecule has 2 heterocycles. The van der Waals surface area contributed by atoms with E-state index in [1.54, 1.807) is 29.3 Å². The summed E-state index contributed by atoms with van der Waals surface area (Å²) in [4.78, 5) is 21.3. The van der Waals surface area contributed by atoms with Gasteiger partial charge in [0.15, 0.2) is 0 Å². The molecule has 7 heteroatoms. The van der Waals surface area contributed by atoms with Gasteiger partial charge in [0.05, 0.1) is 0 Å². The van der Waals surface area contributed by atoms with E-state index < -0.39 is 0 Å². The lowest BCUT2D eigenvalue weighted by atomic mass is 10.2. The van der Waals surface area contributed by atoms with E-state index in [0.29, 0.717) is 5.92 Å². The molecule has 0 bridgehead atoms. The summed E-state index contributed by atoms with van der Waals surface area (Å²) in [5.74, 6) is 2.04. The summed E-state index contributed by atoms with van der Waals surface area (Å²) in [5, 5.41) is 10.3. The first-order chi connectivity index (χ1) is 12.7. The third-order valence-corrected chi connectivity index (χ3v) is 4.32. The van der Waals surface area contributed by atoms with Crippen LogP contribution in [-0.2, 0) is 4.79 Å². The van der Waals surface area contributed by atoms with E-state index in [2.05, 4.69) is 25.7 Å². The Hall–Kier alpha value is -3.22. The van der Waals surface area contributed by atoms with Crippen LogP contribution in [0.4, 0.5) is 17.2 Å². The van der Waals surface area contributed by atoms with Gasteiger partial charge < -0.3 is 10.6 Å². The van der Waals surface area contributed by atoms with Crippen LogP contribution >= 0.6 is 0 Å². The summed E-state index contributed by atoms with van der Waals surface area (Å²) < 4.78 is 1.62. The van der Waals surface area contributed by atoms with Crippen molar-refractivity contribution in [2.24, 2.45) is 0 Å². The number of hydrogen-bond donors (Lipinski definition) is 2. The highest BCUT2D eigenvalue weighted by atomic mass is 16.2. The molecule has 2 aromatic heterocycles. The molecule has 0 saturated heterocycles. The molecule has 26 heavy (non-hydrogen) atoms. The molecule has 1 fully saturated rings. The lowest BCUT2D eigenvalue weighted by Gasteiger charge is -2.14. The van der Waals surface area contributed by atoms with E-state index in [1.807, 2.05) is 37.3 Å². The van der Waals surface area contributed by atoms with E-state index in [4.69, 9.17) is 0 Å². The van der Waals surface area contributed by atoms with Crippen LogP contribution in [0.2, 0.25) is 0 Å². The Bertz CT molecular complexity index is 904. The Balaban J connectivity index is 1.44. The van der Waals surface area contributed by atoms with Crippen molar-refractivity contribution < 1.29 is 4.79 Å². The van der Waals surface area contributed by atoms with Crippen LogP contribution in [0.15, 0.2) is 55.0 Å². The number of nitrogens with one attached hydrogen (secondary N) is 2. The number of carbonyl (C=O) groups excluding carboxylic acids is 1. The highest BCUT2D eigenvalue weighted by Gasteiger charge is 2.26. The number of rotatable bonds is 6. The molecule has 4 rings (SSSR count). The van der Waals surface area contributed by atoms with Gasteiger partial charge >= 0.3 is 0 Å². The first-order valence-electron chi connectivity index (χ1n) is 8.69. The fraction of sp³-hybridized carbons (Fsp3) is 0.263. The maximum atomic E-state index is 12.4. The Labute approximate surface area is 151 Å². The van der Waals surface area contributed by atoms with E-state index in [0.717, 1.165) is 23.0 Å². The predicted molar refractivity (Wildman–Crippen MR) is 99.3 cm³/mol. The fourth-order valence-electron chi connectivity index (χ4n) is 2.68. The molecule has 1 amide bonds. The molecule has 132 valence electrons. The van der Waals surface area contributed by atoms with Gasteiger partial charge in [-0.1, -0.05) is 6.07 Å². The number of carbonyl (C=O) groups is 1. The molecule has 0 radical (unpaired) electrons. The average molecular weight is 348 g/mol. The second kappa shape index (κ2) is 6.95. The van der Waals surface area contributed by atoms with Gasteiger partial charge in [-0.15, -0.1) is 0 Å². The van der Waals surface area contributed by atoms with E-state index in [9.17, 15) is 4.79 Å². The molecule has 7 nitrogen and oxygen atoms in total. The number of anilines is 3. The van der Waals surface area contributed by atoms with Crippen molar-refractivity contribution >= 4 is 23.1 Å². The van der Waals surface area contributed by atoms with Gasteiger partial charge in [-0.3, -0.25) is 9.48 Å². The molecule has 3 aromatic rings. The third kappa shape index (κ3) is 3.72. The predicted octanol–water partition coefficient (Wildman–Crippen LogP) is 3.49. The van der Waals surface area contributed by atoms with Crippen LogP contribution in [0.1, 0.15) is 37.5 Å². The number of aromatic nitrogens is 4. The van der Waals surface area contributed by atoms with Crippen LogP contribution < -0.4 is 10.6 Å². The lowest BCUT2D eigenvalue weighted by molar-refractivity contribution is -0.119. The maximum Gasteiger partial charge on any atom is 0.248 e. The molecule has 1 aliphatic rings. The van der Waals surface area contributed by atoms with Gasteiger partial charge in [-0.25, -0.2) is 9.97 Å². The number of nitrogens with zero attached hydrogens (tertiary/aromatic N) is 4. The quantitative estimate of drug-likeness (QED) is 0.712. The summed E-state index contributed by atoms with van der Waals surface area (Å²) in [6, 6.07) is 10.8. The van der Waals surface area contributed by atoms with Gasteiger partial charge in [-0.05, 0) is 50.1 Å². The summed E-state index contributed by atoms with van der Waals surface area (Å²) in [6.45, 7) is 1.81. The van der Waals surface area contributed by atoms with Gasteiger partial charge in [0.1, 0.15) is 17.7 Å². The summed E-state index contributed by atoms with van der Waals surface area (Å²) in [7, 11) is 0. The van der Waals surface area contributed by atoms with Crippen LogP contribution in [0.25, 0.3) is 0 Å². The lowest BCUT2D eigenvalue weighted by Crippen LogP contribution is -2.23. The molecule has 1 saturated carbocycles. The standard InChI is InChI=1S/C19H20N6O/c1-13(25-11-3-9-21-25)19(26)23-16-5-2-4-15(12-16)22-17-8-10-20-18(24-17)14-6-7-14/h2-5,8-14H,6-7H2,1H3,(H,23,26)(H,20,22,24)/t13-/m1/s1. The van der Waals surface area contributed by atoms with Crippen molar-refractivity contribution in [3.8, 4) is 0 Å². The van der Waals surface area contributed by atoms with Gasteiger partial charge in [-0.2, -0.15) is 5.10 Å². The summed E-state index contributed by atoms with van der Waals surface area (Å²) >= 11 is 0. The van der Waals surface area contributed by atoms with Crippen LogP contribution in [0.3, 0.4) is 0 Å². The second-order valence-corrected chi connectivity index (χ2v) is 6.43. The van der Waals surface area contributed by atoms with E-state index in [1.165, 1.54) is 12.8 Å². The Morgan fingerprint density at radius 2 is 2.04 bits per heavy atom. The zero-order chi connectivity index (χ0) is 17.9. The topological polar surface area (TPSA) is 84.7 Å². The molecule has 0 spiro atoms. The first-order valence-corrected chi connectivity index (χ1v) is 8.69. The van der Waals surface area contributed by atoms with Gasteiger partial charge in [0, 0.05) is 35.9 Å². The van der Waals surface area contributed by atoms with Gasteiger partial charge in [0.25, 0.3) is 0 Å². The van der Waals surface area contributed by atoms with E-state index in [-0.39, 0.29) is 11.9 Å². The van der Waals surface area contributed by atoms with Crippen molar-refractivity contribution in [1.29, 1.82) is 0 Å². The van der Waals surface area contributed by atoms with Gasteiger partial charge in [0.2, 0.25) is 5.91 Å². The molecule has 1 aromatic carbocycles. The van der Waals surface area contributed by atoms with Crippen LogP contribution in [0, 0.1) is 0 Å². The molecule has 2 N–H and O–H groups in total.